The number of methoxy groups -OCH3 is 2. The van der Waals surface area contributed by atoms with Gasteiger partial charge in [0.15, 0.2) is 5.89 Å². The topological polar surface area (TPSA) is 73.8 Å². The van der Waals surface area contributed by atoms with Crippen LogP contribution in [0.4, 0.5) is 0 Å². The monoisotopic (exact) mass is 478 g/mol. The Morgan fingerprint density at radius 1 is 0.943 bits per heavy atom. The van der Waals surface area contributed by atoms with Crippen molar-refractivity contribution in [2.45, 2.75) is 59.7 Å². The first kappa shape index (κ1) is 24.8. The first-order valence-corrected chi connectivity index (χ1v) is 11.9. The molecule has 2 heterocycles. The standard InChI is InChI=1S/C28H34N2O5/c1-9-34-28(31)25-24(22-14-35-19(6)29-22)30(25)23(20-10-15(2)26(32-7)16(3)11-20)21-12-17(4)27(33-8)18(5)13-21/h10-14,23-25H,9H2,1-8H3/t24-,25-,30?/m1/s1. The molecule has 3 aromatic rings. The van der Waals surface area contributed by atoms with Crippen molar-refractivity contribution in [1.82, 2.24) is 9.88 Å². The lowest BCUT2D eigenvalue weighted by molar-refractivity contribution is -0.143. The Hall–Kier alpha value is -3.32. The van der Waals surface area contributed by atoms with Crippen LogP contribution in [0.3, 0.4) is 0 Å². The number of esters is 1. The number of carbonyl (C=O) groups is 1. The molecular formula is C28H34N2O5. The van der Waals surface area contributed by atoms with E-state index in [0.717, 1.165) is 50.6 Å². The number of oxazole rings is 1. The van der Waals surface area contributed by atoms with Crippen molar-refractivity contribution in [2.24, 2.45) is 0 Å². The molecule has 0 aliphatic carbocycles. The lowest BCUT2D eigenvalue weighted by Crippen LogP contribution is -2.21. The summed E-state index contributed by atoms with van der Waals surface area (Å²) in [5, 5.41) is 0. The van der Waals surface area contributed by atoms with E-state index < -0.39 is 6.04 Å². The molecule has 1 saturated heterocycles. The van der Waals surface area contributed by atoms with E-state index >= 15 is 0 Å². The van der Waals surface area contributed by atoms with Gasteiger partial charge in [-0.3, -0.25) is 9.69 Å². The van der Waals surface area contributed by atoms with E-state index in [4.69, 9.17) is 18.6 Å². The zero-order valence-corrected chi connectivity index (χ0v) is 21.8. The van der Waals surface area contributed by atoms with Gasteiger partial charge in [0, 0.05) is 6.92 Å². The summed E-state index contributed by atoms with van der Waals surface area (Å²) < 4.78 is 22.2. The predicted octanol–water partition coefficient (Wildman–Crippen LogP) is 5.31. The number of rotatable bonds is 8. The fourth-order valence-corrected chi connectivity index (χ4v) is 5.34. The summed E-state index contributed by atoms with van der Waals surface area (Å²) in [4.78, 5) is 19.8. The van der Waals surface area contributed by atoms with Gasteiger partial charge in [-0.15, -0.1) is 0 Å². The largest absolute Gasteiger partial charge is 0.496 e. The minimum atomic E-state index is -0.463. The van der Waals surface area contributed by atoms with Crippen molar-refractivity contribution in [3.05, 3.63) is 75.5 Å². The maximum Gasteiger partial charge on any atom is 0.325 e. The normalized spacial score (nSPS) is 19.1. The van der Waals surface area contributed by atoms with Crippen LogP contribution in [0.25, 0.3) is 0 Å². The van der Waals surface area contributed by atoms with Crippen molar-refractivity contribution < 1.29 is 23.4 Å². The van der Waals surface area contributed by atoms with Crippen molar-refractivity contribution >= 4 is 5.97 Å². The first-order valence-electron chi connectivity index (χ1n) is 11.9. The molecule has 0 spiro atoms. The van der Waals surface area contributed by atoms with Crippen LogP contribution < -0.4 is 9.47 Å². The van der Waals surface area contributed by atoms with E-state index in [2.05, 4.69) is 34.1 Å². The molecule has 7 nitrogen and oxygen atoms in total. The highest BCUT2D eigenvalue weighted by molar-refractivity contribution is 5.81. The lowest BCUT2D eigenvalue weighted by Gasteiger charge is -2.24. The van der Waals surface area contributed by atoms with Crippen molar-refractivity contribution in [3.63, 3.8) is 0 Å². The molecule has 1 aliphatic rings. The number of aryl methyl sites for hydroxylation is 5. The molecule has 4 rings (SSSR count). The Bertz CT molecular complexity index is 1140. The fourth-order valence-electron chi connectivity index (χ4n) is 5.34. The molecule has 0 radical (unpaired) electrons. The Morgan fingerprint density at radius 3 is 1.80 bits per heavy atom. The molecule has 1 unspecified atom stereocenters. The van der Waals surface area contributed by atoms with Crippen LogP contribution >= 0.6 is 0 Å². The number of hydrogen-bond acceptors (Lipinski definition) is 7. The van der Waals surface area contributed by atoms with E-state index in [1.807, 2.05) is 34.6 Å². The van der Waals surface area contributed by atoms with Gasteiger partial charge in [-0.25, -0.2) is 4.98 Å². The van der Waals surface area contributed by atoms with Gasteiger partial charge in [0.05, 0.1) is 38.6 Å². The van der Waals surface area contributed by atoms with E-state index in [9.17, 15) is 4.79 Å². The first-order chi connectivity index (χ1) is 16.7. The number of hydrogen-bond donors (Lipinski definition) is 0. The fraction of sp³-hybridized carbons (Fsp3) is 0.429. The maximum absolute atomic E-state index is 13.1. The summed E-state index contributed by atoms with van der Waals surface area (Å²) in [7, 11) is 3.37. The van der Waals surface area contributed by atoms with Gasteiger partial charge in [0.2, 0.25) is 0 Å². The molecule has 0 amide bonds. The molecule has 1 aromatic heterocycles. The average Bonchev–Trinajstić information content (AvgIpc) is 3.36. The highest BCUT2D eigenvalue weighted by Gasteiger charge is 2.59. The van der Waals surface area contributed by atoms with Crippen LogP contribution in [0.1, 0.15) is 64.0 Å². The zero-order valence-electron chi connectivity index (χ0n) is 21.8. The summed E-state index contributed by atoms with van der Waals surface area (Å²) in [6.45, 7) is 12.1. The summed E-state index contributed by atoms with van der Waals surface area (Å²) in [5.41, 5.74) is 7.03. The second kappa shape index (κ2) is 9.74. The highest BCUT2D eigenvalue weighted by Crippen LogP contribution is 2.53. The van der Waals surface area contributed by atoms with Gasteiger partial charge in [0.25, 0.3) is 0 Å². The van der Waals surface area contributed by atoms with Crippen molar-refractivity contribution in [1.29, 1.82) is 0 Å². The number of aromatic nitrogens is 1. The summed E-state index contributed by atoms with van der Waals surface area (Å²) in [6, 6.07) is 7.62. The quantitative estimate of drug-likeness (QED) is 0.321. The maximum atomic E-state index is 13.1. The van der Waals surface area contributed by atoms with Crippen molar-refractivity contribution in [3.8, 4) is 11.5 Å². The Kier molecular flexibility index (Phi) is 6.90. The van der Waals surface area contributed by atoms with Crippen LogP contribution in [-0.2, 0) is 9.53 Å². The number of carbonyl (C=O) groups excluding carboxylic acids is 1. The van der Waals surface area contributed by atoms with E-state index in [0.29, 0.717) is 12.5 Å². The summed E-state index contributed by atoms with van der Waals surface area (Å²) in [5.74, 6) is 2.04. The van der Waals surface area contributed by atoms with Gasteiger partial charge in [0.1, 0.15) is 23.8 Å². The lowest BCUT2D eigenvalue weighted by atomic mass is 9.92. The summed E-state index contributed by atoms with van der Waals surface area (Å²) in [6.07, 6.45) is 1.64. The highest BCUT2D eigenvalue weighted by atomic mass is 16.5. The second-order valence-corrected chi connectivity index (χ2v) is 9.16. The molecule has 186 valence electrons. The van der Waals surface area contributed by atoms with Gasteiger partial charge in [-0.1, -0.05) is 24.3 Å². The number of ether oxygens (including phenoxy) is 3. The summed E-state index contributed by atoms with van der Waals surface area (Å²) >= 11 is 0. The third-order valence-corrected chi connectivity index (χ3v) is 6.62. The molecule has 0 saturated carbocycles. The smallest absolute Gasteiger partial charge is 0.325 e. The van der Waals surface area contributed by atoms with E-state index in [1.165, 1.54) is 0 Å². The third kappa shape index (κ3) is 4.52. The molecule has 0 N–H and O–H groups in total. The second-order valence-electron chi connectivity index (χ2n) is 9.16. The minimum Gasteiger partial charge on any atom is -0.496 e. The molecule has 1 fully saturated rings. The average molecular weight is 479 g/mol. The molecule has 2 aromatic carbocycles. The van der Waals surface area contributed by atoms with Gasteiger partial charge in [-0.05, 0) is 68.0 Å². The Morgan fingerprint density at radius 2 is 1.43 bits per heavy atom. The van der Waals surface area contributed by atoms with Crippen LogP contribution in [0.2, 0.25) is 0 Å². The zero-order chi connectivity index (χ0) is 25.4. The van der Waals surface area contributed by atoms with Crippen LogP contribution in [0.5, 0.6) is 11.5 Å². The SMILES string of the molecule is CCOC(=O)[C@H]1[C@@H](c2coc(C)n2)N1C(c1cc(C)c(OC)c(C)c1)c1cc(C)c(OC)c(C)c1. The van der Waals surface area contributed by atoms with Crippen LogP contribution in [-0.4, -0.2) is 42.7 Å². The number of benzene rings is 2. The van der Waals surface area contributed by atoms with Crippen LogP contribution in [0, 0.1) is 34.6 Å². The van der Waals surface area contributed by atoms with E-state index in [-0.39, 0.29) is 18.1 Å². The molecule has 1 aliphatic heterocycles. The van der Waals surface area contributed by atoms with Gasteiger partial charge in [-0.2, -0.15) is 0 Å². The number of nitrogens with zero attached hydrogens (tertiary/aromatic N) is 2. The Labute approximate surface area is 207 Å². The third-order valence-electron chi connectivity index (χ3n) is 6.62. The Balaban J connectivity index is 1.90. The predicted molar refractivity (Wildman–Crippen MR) is 133 cm³/mol. The molecule has 3 atom stereocenters. The van der Waals surface area contributed by atoms with Gasteiger partial charge >= 0.3 is 5.97 Å². The molecule has 7 heteroatoms. The minimum absolute atomic E-state index is 0.210. The molecule has 0 bridgehead atoms. The van der Waals surface area contributed by atoms with Gasteiger partial charge < -0.3 is 18.6 Å². The van der Waals surface area contributed by atoms with Crippen molar-refractivity contribution in [2.75, 3.05) is 20.8 Å². The molecule has 35 heavy (non-hydrogen) atoms. The molecular weight excluding hydrogens is 444 g/mol. The van der Waals surface area contributed by atoms with E-state index in [1.54, 1.807) is 27.4 Å². The van der Waals surface area contributed by atoms with Crippen LogP contribution in [0.15, 0.2) is 34.9 Å².